The molecular weight excluding hydrogens is 416 g/mol. The van der Waals surface area contributed by atoms with Crippen LogP contribution in [0, 0.1) is 19.3 Å². The Morgan fingerprint density at radius 2 is 1.64 bits per heavy atom. The van der Waals surface area contributed by atoms with Crippen molar-refractivity contribution >= 4 is 35.4 Å². The van der Waals surface area contributed by atoms with Gasteiger partial charge in [-0.2, -0.15) is 0 Å². The van der Waals surface area contributed by atoms with Crippen molar-refractivity contribution in [3.8, 4) is 18.1 Å². The first-order valence-electron chi connectivity index (χ1n) is 10.3. The molecule has 174 valence electrons. The lowest BCUT2D eigenvalue weighted by molar-refractivity contribution is -0.108. The molecule has 0 aliphatic carbocycles. The van der Waals surface area contributed by atoms with Crippen LogP contribution in [0.5, 0.6) is 5.75 Å². The van der Waals surface area contributed by atoms with E-state index in [-0.39, 0.29) is 13.0 Å². The van der Waals surface area contributed by atoms with Crippen LogP contribution < -0.4 is 15.8 Å². The number of benzene rings is 3. The molecule has 0 bridgehead atoms. The Bertz CT molecular complexity index is 1020. The average molecular weight is 449 g/mol. The standard InChI is InChI=1S/C16H14O2.C8H11N.C2H4O.CH3NO/c1-2-10-18-16-8-7-14-11-13(4-3-9-17)5-6-15(14)12-16;1-7-5-3-4-6-8(7)9-2;1-2-3;2-1-3/h1,5-9,11-12H,3-4,10H2;3-6,9H,1-2H3;2H,1H3;1H,(H2,2,3). The number of anilines is 1. The minimum atomic E-state index is 0.250. The van der Waals surface area contributed by atoms with E-state index >= 15 is 0 Å². The van der Waals surface area contributed by atoms with Crippen molar-refractivity contribution in [1.29, 1.82) is 0 Å². The predicted molar refractivity (Wildman–Crippen MR) is 135 cm³/mol. The zero-order valence-electron chi connectivity index (χ0n) is 19.4. The highest BCUT2D eigenvalue weighted by Gasteiger charge is 1.99. The number of nitrogens with two attached hydrogens (primary N) is 1. The molecule has 3 rings (SSSR count). The fourth-order valence-corrected chi connectivity index (χ4v) is 2.72. The van der Waals surface area contributed by atoms with E-state index in [4.69, 9.17) is 20.7 Å². The maximum atomic E-state index is 10.4. The summed E-state index contributed by atoms with van der Waals surface area (Å²) in [6, 6.07) is 20.3. The molecule has 1 amide bonds. The molecule has 6 heteroatoms. The number of carbonyl (C=O) groups is 3. The van der Waals surface area contributed by atoms with E-state index in [2.05, 4.69) is 42.1 Å². The summed E-state index contributed by atoms with van der Waals surface area (Å²) in [5.41, 5.74) is 7.84. The number of fused-ring (bicyclic) bond motifs is 1. The van der Waals surface area contributed by atoms with E-state index in [0.717, 1.165) is 35.5 Å². The van der Waals surface area contributed by atoms with Gasteiger partial charge >= 0.3 is 0 Å². The first-order chi connectivity index (χ1) is 16.0. The molecule has 0 radical (unpaired) electrons. The van der Waals surface area contributed by atoms with Crippen LogP contribution in [0.15, 0.2) is 60.7 Å². The fourth-order valence-electron chi connectivity index (χ4n) is 2.72. The third-order valence-electron chi connectivity index (χ3n) is 4.16. The van der Waals surface area contributed by atoms with Crippen LogP contribution in [-0.2, 0) is 20.8 Å². The summed E-state index contributed by atoms with van der Waals surface area (Å²) in [5.74, 6) is 3.22. The summed E-state index contributed by atoms with van der Waals surface area (Å²) in [6.45, 7) is 3.81. The van der Waals surface area contributed by atoms with Gasteiger partial charge in [0.15, 0.2) is 0 Å². The van der Waals surface area contributed by atoms with Crippen LogP contribution in [0.3, 0.4) is 0 Å². The van der Waals surface area contributed by atoms with Gasteiger partial charge in [0.05, 0.1) is 0 Å². The predicted octanol–water partition coefficient (Wildman–Crippen LogP) is 4.33. The highest BCUT2D eigenvalue weighted by molar-refractivity contribution is 5.84. The topological polar surface area (TPSA) is 98.5 Å². The van der Waals surface area contributed by atoms with Gasteiger partial charge < -0.3 is 25.4 Å². The van der Waals surface area contributed by atoms with E-state index in [1.54, 1.807) is 0 Å². The lowest BCUT2D eigenvalue weighted by Gasteiger charge is -2.05. The minimum Gasteiger partial charge on any atom is -0.481 e. The van der Waals surface area contributed by atoms with Crippen molar-refractivity contribution in [2.24, 2.45) is 5.73 Å². The number of carbonyl (C=O) groups excluding carboxylic acids is 3. The highest BCUT2D eigenvalue weighted by atomic mass is 16.5. The molecule has 6 nitrogen and oxygen atoms in total. The van der Waals surface area contributed by atoms with Crippen LogP contribution in [0.4, 0.5) is 5.69 Å². The smallest absolute Gasteiger partial charge is 0.204 e. The molecule has 3 aromatic rings. The van der Waals surface area contributed by atoms with Crippen LogP contribution in [0.2, 0.25) is 0 Å². The Balaban J connectivity index is 0.000000568. The second-order valence-corrected chi connectivity index (χ2v) is 6.48. The third kappa shape index (κ3) is 12.4. The number of terminal acetylenes is 1. The largest absolute Gasteiger partial charge is 0.481 e. The van der Waals surface area contributed by atoms with Gasteiger partial charge in [0.2, 0.25) is 6.41 Å². The normalized spacial score (nSPS) is 8.67. The number of primary amides is 1. The Morgan fingerprint density at radius 1 is 1.03 bits per heavy atom. The maximum absolute atomic E-state index is 10.4. The molecule has 0 saturated heterocycles. The third-order valence-corrected chi connectivity index (χ3v) is 4.16. The molecule has 0 aliphatic rings. The van der Waals surface area contributed by atoms with Gasteiger partial charge in [-0.1, -0.05) is 48.4 Å². The van der Waals surface area contributed by atoms with Gasteiger partial charge in [-0.3, -0.25) is 4.79 Å². The van der Waals surface area contributed by atoms with Crippen LogP contribution in [-0.4, -0.2) is 32.6 Å². The minimum absolute atomic E-state index is 0.250. The summed E-state index contributed by atoms with van der Waals surface area (Å²) in [4.78, 5) is 27.7. The molecule has 0 aromatic heterocycles. The lowest BCUT2D eigenvalue weighted by Crippen LogP contribution is -1.93. The van der Waals surface area contributed by atoms with E-state index in [1.165, 1.54) is 23.7 Å². The number of hydrogen-bond donors (Lipinski definition) is 2. The zero-order chi connectivity index (χ0) is 24.9. The molecule has 0 saturated carbocycles. The molecular formula is C27H32N2O4. The van der Waals surface area contributed by atoms with Crippen molar-refractivity contribution in [1.82, 2.24) is 0 Å². The molecule has 0 heterocycles. The number of para-hydroxylation sites is 1. The van der Waals surface area contributed by atoms with Crippen molar-refractivity contribution in [2.75, 3.05) is 19.0 Å². The Hall–Kier alpha value is -4.11. The van der Waals surface area contributed by atoms with Crippen LogP contribution in [0.25, 0.3) is 10.8 Å². The molecule has 3 aromatic carbocycles. The van der Waals surface area contributed by atoms with Crippen LogP contribution >= 0.6 is 0 Å². The Kier molecular flexibility index (Phi) is 16.3. The summed E-state index contributed by atoms with van der Waals surface area (Å²) in [7, 11) is 1.93. The molecule has 3 N–H and O–H groups in total. The Labute approximate surface area is 196 Å². The van der Waals surface area contributed by atoms with Gasteiger partial charge in [0.1, 0.15) is 24.9 Å². The quantitative estimate of drug-likeness (QED) is 0.432. The van der Waals surface area contributed by atoms with Gasteiger partial charge in [-0.15, -0.1) is 6.42 Å². The highest BCUT2D eigenvalue weighted by Crippen LogP contribution is 2.22. The number of ether oxygens (including phenoxy) is 1. The average Bonchev–Trinajstić information content (AvgIpc) is 2.83. The summed E-state index contributed by atoms with van der Waals surface area (Å²) >= 11 is 0. The second kappa shape index (κ2) is 18.6. The summed E-state index contributed by atoms with van der Waals surface area (Å²) in [6.07, 6.45) is 8.45. The van der Waals surface area contributed by atoms with Gasteiger partial charge in [-0.25, -0.2) is 0 Å². The molecule has 0 fully saturated rings. The fraction of sp³-hybridized carbons (Fsp3) is 0.222. The maximum Gasteiger partial charge on any atom is 0.204 e. The van der Waals surface area contributed by atoms with E-state index in [1.807, 2.05) is 49.5 Å². The number of nitrogens with one attached hydrogen (secondary N) is 1. The Morgan fingerprint density at radius 3 is 2.18 bits per heavy atom. The number of rotatable bonds is 6. The monoisotopic (exact) mass is 448 g/mol. The second-order valence-electron chi connectivity index (χ2n) is 6.48. The molecule has 0 spiro atoms. The van der Waals surface area contributed by atoms with Gasteiger partial charge in [0, 0.05) is 19.2 Å². The van der Waals surface area contributed by atoms with E-state index in [9.17, 15) is 4.79 Å². The molecule has 33 heavy (non-hydrogen) atoms. The summed E-state index contributed by atoms with van der Waals surface area (Å²) in [5, 5.41) is 5.35. The number of hydrogen-bond acceptors (Lipinski definition) is 5. The first-order valence-corrected chi connectivity index (χ1v) is 10.3. The van der Waals surface area contributed by atoms with Crippen LogP contribution in [0.1, 0.15) is 24.5 Å². The van der Waals surface area contributed by atoms with Crippen molar-refractivity contribution in [2.45, 2.75) is 26.7 Å². The van der Waals surface area contributed by atoms with Gasteiger partial charge in [0.25, 0.3) is 0 Å². The number of amides is 1. The number of aryl methyl sites for hydroxylation is 2. The van der Waals surface area contributed by atoms with Crippen molar-refractivity contribution < 1.29 is 19.1 Å². The SMILES string of the molecule is C#CCOc1ccc2cc(CCC=O)ccc2c1.CC=O.CNc1ccccc1C.NC=O. The molecule has 0 unspecified atom stereocenters. The van der Waals surface area contributed by atoms with Crippen molar-refractivity contribution in [3.05, 3.63) is 71.8 Å². The van der Waals surface area contributed by atoms with E-state index < -0.39 is 0 Å². The summed E-state index contributed by atoms with van der Waals surface area (Å²) < 4.78 is 5.38. The molecule has 0 atom stereocenters. The van der Waals surface area contributed by atoms with E-state index in [0.29, 0.717) is 6.42 Å². The first kappa shape index (κ1) is 28.9. The van der Waals surface area contributed by atoms with Gasteiger partial charge in [-0.05, 0) is 60.4 Å². The lowest BCUT2D eigenvalue weighted by atomic mass is 10.0. The molecule has 0 aliphatic heterocycles. The van der Waals surface area contributed by atoms with Crippen molar-refractivity contribution in [3.63, 3.8) is 0 Å². The number of aldehydes is 2. The zero-order valence-corrected chi connectivity index (χ0v) is 19.4.